The molecule has 0 aromatic heterocycles. The van der Waals surface area contributed by atoms with Crippen LogP contribution in [0, 0.1) is 20.8 Å². The van der Waals surface area contributed by atoms with E-state index in [1.165, 1.54) is 120 Å². The van der Waals surface area contributed by atoms with E-state index < -0.39 is 13.1 Å². The van der Waals surface area contributed by atoms with Crippen LogP contribution in [-0.2, 0) is 20.4 Å². The van der Waals surface area contributed by atoms with Crippen molar-refractivity contribution in [3.63, 3.8) is 0 Å². The molecule has 350 valence electrons. The molecule has 0 spiro atoms. The zero-order chi connectivity index (χ0) is 47.2. The van der Waals surface area contributed by atoms with Crippen LogP contribution >= 0.6 is 0 Å². The molecule has 0 aliphatic heterocycles. The van der Waals surface area contributed by atoms with Gasteiger partial charge in [-0.1, -0.05) is 0 Å². The van der Waals surface area contributed by atoms with Gasteiger partial charge in [-0.15, -0.1) is 0 Å². The van der Waals surface area contributed by atoms with Crippen molar-refractivity contribution >= 4 is 23.6 Å². The van der Waals surface area contributed by atoms with Gasteiger partial charge in [0.25, 0.3) is 0 Å². The van der Waals surface area contributed by atoms with Crippen molar-refractivity contribution in [1.29, 1.82) is 0 Å². The van der Waals surface area contributed by atoms with E-state index in [2.05, 4.69) is 287 Å². The van der Waals surface area contributed by atoms with Crippen LogP contribution in [0.1, 0.15) is 44.4 Å². The largest absolute Gasteiger partial charge is 1.00 e. The smallest absolute Gasteiger partial charge is 1.00 e. The Labute approximate surface area is 453 Å². The second-order valence-corrected chi connectivity index (χ2v) is 23.6. The number of aryl methyl sites for hydroxylation is 3. The molecule has 0 nitrogen and oxygen atoms in total. The Morgan fingerprint density at radius 3 is 0.775 bits per heavy atom. The molecule has 1 atom stereocenters. The predicted octanol–water partition coefficient (Wildman–Crippen LogP) is 7.03. The molecule has 0 fully saturated rings. The molecule has 9 aromatic rings. The topological polar surface area (TPSA) is 0 Å². The van der Waals surface area contributed by atoms with Crippen molar-refractivity contribution < 1.29 is 57.7 Å². The van der Waals surface area contributed by atoms with Crippen LogP contribution in [0.2, 0.25) is 5.04 Å². The monoisotopic (exact) mass is 1030 g/mol. The molecule has 71 heavy (non-hydrogen) atoms. The van der Waals surface area contributed by atoms with E-state index in [1.54, 1.807) is 0 Å². The van der Waals surface area contributed by atoms with Crippen molar-refractivity contribution in [2.24, 2.45) is 0 Å². The summed E-state index contributed by atoms with van der Waals surface area (Å²) >= 11 is 2.48. The van der Waals surface area contributed by atoms with E-state index in [0.717, 1.165) is 0 Å². The molecule has 5 heteroatoms. The van der Waals surface area contributed by atoms with Crippen molar-refractivity contribution in [1.82, 2.24) is 0 Å². The molecule has 0 amide bonds. The molecule has 0 N–H and O–H groups in total. The van der Waals surface area contributed by atoms with Crippen LogP contribution in [0.25, 0.3) is 66.8 Å². The SMILES string of the molecule is CC1=C(C)C(C)([Si](c2c(C)ccc(-c3ccccc3)c2-c2ccccc2)(c2c(C)ccc(-c3ccccc3)c2-c2ccccc2)c2c(C)ccc(-c3ccccc3)c2-c2ccccc2)[C]([Ti+3])=C1C.[Cl-].[Cl-].[Cl-]. The number of allylic oxidation sites excluding steroid dienone is 4. The molecule has 0 heterocycles. The van der Waals surface area contributed by atoms with Gasteiger partial charge in [0.1, 0.15) is 0 Å². The molecule has 0 radical (unpaired) electrons. The number of hydrogen-bond acceptors (Lipinski definition) is 0. The average molecular weight is 1030 g/mol. The van der Waals surface area contributed by atoms with E-state index in [9.17, 15) is 0 Å². The van der Waals surface area contributed by atoms with Crippen LogP contribution in [0.3, 0.4) is 0 Å². The van der Waals surface area contributed by atoms with E-state index in [1.807, 2.05) is 0 Å². The fourth-order valence-corrected chi connectivity index (χ4v) is 20.9. The molecule has 0 bridgehead atoms. The Morgan fingerprint density at radius 2 is 0.549 bits per heavy atom. The van der Waals surface area contributed by atoms with Gasteiger partial charge in [0.05, 0.1) is 0 Å². The Morgan fingerprint density at radius 1 is 0.310 bits per heavy atom. The third-order valence-electron chi connectivity index (χ3n) is 15.3. The number of hydrogen-bond donors (Lipinski definition) is 0. The van der Waals surface area contributed by atoms with E-state index >= 15 is 0 Å². The summed E-state index contributed by atoms with van der Waals surface area (Å²) in [4.78, 5) is 0. The third kappa shape index (κ3) is 8.80. The van der Waals surface area contributed by atoms with Crippen LogP contribution in [-0.4, -0.2) is 8.07 Å². The summed E-state index contributed by atoms with van der Waals surface area (Å²) < 4.78 is 1.45. The van der Waals surface area contributed by atoms with Crippen LogP contribution in [0.5, 0.6) is 0 Å². The zero-order valence-electron chi connectivity index (χ0n) is 41.4. The van der Waals surface area contributed by atoms with Crippen LogP contribution < -0.4 is 52.8 Å². The first-order valence-corrected chi connectivity index (χ1v) is 26.7. The van der Waals surface area contributed by atoms with Gasteiger partial charge in [0, 0.05) is 0 Å². The summed E-state index contributed by atoms with van der Waals surface area (Å²) in [5, 5.41) is 3.91. The average Bonchev–Trinajstić information content (AvgIpc) is 3.54. The molecule has 9 aromatic carbocycles. The molecule has 0 saturated carbocycles. The van der Waals surface area contributed by atoms with E-state index in [4.69, 9.17) is 0 Å². The van der Waals surface area contributed by atoms with Gasteiger partial charge >= 0.3 is 420 Å². The summed E-state index contributed by atoms with van der Waals surface area (Å²) in [6, 6.07) is 82.1. The maximum absolute atomic E-state index is 3.75. The van der Waals surface area contributed by atoms with Gasteiger partial charge < -0.3 is 37.2 Å². The predicted molar refractivity (Wildman–Crippen MR) is 290 cm³/mol. The minimum absolute atomic E-state index is 0. The normalized spacial score (nSPS) is 14.4. The molecular weight excluding hydrogens is 975 g/mol. The second-order valence-electron chi connectivity index (χ2n) is 18.9. The van der Waals surface area contributed by atoms with Gasteiger partial charge in [0.15, 0.2) is 0 Å². The quantitative estimate of drug-likeness (QED) is 0.102. The molecular formula is C66H57Cl3SiTi. The second kappa shape index (κ2) is 21.9. The Bertz CT molecular complexity index is 3040. The van der Waals surface area contributed by atoms with Crippen LogP contribution in [0.15, 0.2) is 239 Å². The molecule has 1 aliphatic carbocycles. The number of benzene rings is 9. The summed E-state index contributed by atoms with van der Waals surface area (Å²) in [6.07, 6.45) is 0. The summed E-state index contributed by atoms with van der Waals surface area (Å²) in [5.41, 5.74) is 23.3. The van der Waals surface area contributed by atoms with Gasteiger partial charge in [-0.2, -0.15) is 0 Å². The Hall–Kier alpha value is -5.74. The molecule has 1 unspecified atom stereocenters. The Kier molecular flexibility index (Phi) is 16.4. The van der Waals surface area contributed by atoms with Gasteiger partial charge in [0.2, 0.25) is 0 Å². The standard InChI is InChI=1S/C66H57Si.3ClH.Ti/c1-45-38-41-57(51-26-14-8-15-27-51)60(54-32-20-11-21-33-54)63(45)67(66(7)44-48(4)49(5)50(66)6,64-46(2)39-42-58(52-28-16-9-17-29-52)61(64)55-34-22-12-23-35-55)65-47(3)40-43-59(53-30-18-10-19-31-53)62(65)56-36-24-13-25-37-56;;;;/h8-43H,1-7H3;3*1H;/q;;;;+3/p-3. The number of halogens is 3. The van der Waals surface area contributed by atoms with Crippen molar-refractivity contribution in [3.05, 3.63) is 256 Å². The maximum atomic E-state index is 2.67. The van der Waals surface area contributed by atoms with Crippen LogP contribution in [0.4, 0.5) is 0 Å². The van der Waals surface area contributed by atoms with Gasteiger partial charge in [-0.05, 0) is 0 Å². The third-order valence-corrected chi connectivity index (χ3v) is 23.4. The summed E-state index contributed by atoms with van der Waals surface area (Å²) in [6.45, 7) is 17.2. The molecule has 10 rings (SSSR count). The fourth-order valence-electron chi connectivity index (χ4n) is 11.9. The van der Waals surface area contributed by atoms with Gasteiger partial charge in [-0.3, -0.25) is 0 Å². The summed E-state index contributed by atoms with van der Waals surface area (Å²) in [7, 11) is -3.75. The first-order valence-electron chi connectivity index (χ1n) is 23.9. The van der Waals surface area contributed by atoms with Crippen molar-refractivity contribution in [3.8, 4) is 66.8 Å². The fraction of sp³-hybridized carbons (Fsp3) is 0.121. The molecule has 0 saturated heterocycles. The maximum Gasteiger partial charge on any atom is -1.00 e. The van der Waals surface area contributed by atoms with E-state index in [0.29, 0.717) is 0 Å². The number of rotatable bonds is 10. The first-order chi connectivity index (χ1) is 33.1. The molecule has 1 aliphatic rings. The van der Waals surface area contributed by atoms with Gasteiger partial charge in [-0.25, -0.2) is 0 Å². The minimum Gasteiger partial charge on any atom is -1.00 e. The first kappa shape index (κ1) is 53.1. The van der Waals surface area contributed by atoms with E-state index in [-0.39, 0.29) is 37.2 Å². The van der Waals surface area contributed by atoms with Crippen molar-refractivity contribution in [2.75, 3.05) is 0 Å². The van der Waals surface area contributed by atoms with Crippen molar-refractivity contribution in [2.45, 2.75) is 53.5 Å². The zero-order valence-corrected chi connectivity index (χ0v) is 46.2. The minimum atomic E-state index is -3.75. The summed E-state index contributed by atoms with van der Waals surface area (Å²) in [5.74, 6) is 0. The Balaban J connectivity index is 0.00000247.